The van der Waals surface area contributed by atoms with Gasteiger partial charge in [0.2, 0.25) is 0 Å². The van der Waals surface area contributed by atoms with Crippen LogP contribution in [0.4, 0.5) is 5.69 Å². The van der Waals surface area contributed by atoms with Gasteiger partial charge in [-0.1, -0.05) is 0 Å². The summed E-state index contributed by atoms with van der Waals surface area (Å²) in [5.41, 5.74) is 6.52. The van der Waals surface area contributed by atoms with Crippen molar-refractivity contribution in [1.82, 2.24) is 10.3 Å². The lowest BCUT2D eigenvalue weighted by Gasteiger charge is -2.22. The quantitative estimate of drug-likeness (QED) is 0.893. The van der Waals surface area contributed by atoms with E-state index in [1.165, 1.54) is 18.4 Å². The minimum atomic E-state index is -0.126. The lowest BCUT2D eigenvalue weighted by Crippen LogP contribution is -2.37. The first-order valence-corrected chi connectivity index (χ1v) is 6.71. The minimum Gasteiger partial charge on any atom is -0.397 e. The number of carbonyl (C=O) groups excluding carboxylic acids is 1. The largest absolute Gasteiger partial charge is 0.397 e. The molecule has 6 heteroatoms. The fourth-order valence-electron chi connectivity index (χ4n) is 1.87. The fraction of sp³-hybridized carbons (Fsp3) is 0.500. The average Bonchev–Trinajstić information content (AvgIpc) is 2.75. The number of hydrogen-bond acceptors (Lipinski definition) is 4. The molecular weight excluding hydrogens is 270 g/mol. The van der Waals surface area contributed by atoms with E-state index in [1.807, 2.05) is 11.8 Å². The van der Waals surface area contributed by atoms with Crippen LogP contribution in [-0.2, 0) is 0 Å². The highest BCUT2D eigenvalue weighted by Crippen LogP contribution is 2.36. The van der Waals surface area contributed by atoms with Crippen LogP contribution in [0.25, 0.3) is 0 Å². The standard InChI is InChI=1S/C12H17N3OS.ClH/c1-12(5-2-6-17-12)8-15-11(16)10-4-3-9(13)7-14-10;/h3-4,7H,2,5-6,8,13H2,1H3,(H,15,16);1H. The molecule has 0 spiro atoms. The smallest absolute Gasteiger partial charge is 0.269 e. The Morgan fingerprint density at radius 3 is 2.94 bits per heavy atom. The van der Waals surface area contributed by atoms with Gasteiger partial charge in [0.25, 0.3) is 5.91 Å². The summed E-state index contributed by atoms with van der Waals surface area (Å²) in [5.74, 6) is 1.06. The van der Waals surface area contributed by atoms with Crippen molar-refractivity contribution in [2.45, 2.75) is 24.5 Å². The summed E-state index contributed by atoms with van der Waals surface area (Å²) in [5, 5.41) is 2.94. The number of nitrogens with zero attached hydrogens (tertiary/aromatic N) is 1. The van der Waals surface area contributed by atoms with Gasteiger partial charge in [0.1, 0.15) is 5.69 Å². The molecule has 1 saturated heterocycles. The molecule has 18 heavy (non-hydrogen) atoms. The molecule has 1 aliphatic rings. The Morgan fingerprint density at radius 1 is 1.61 bits per heavy atom. The number of nitrogens with two attached hydrogens (primary N) is 1. The monoisotopic (exact) mass is 287 g/mol. The normalized spacial score (nSPS) is 22.3. The third kappa shape index (κ3) is 3.78. The fourth-order valence-corrected chi connectivity index (χ4v) is 3.12. The second kappa shape index (κ2) is 6.29. The van der Waals surface area contributed by atoms with Gasteiger partial charge < -0.3 is 11.1 Å². The zero-order chi connectivity index (χ0) is 12.3. The zero-order valence-corrected chi connectivity index (χ0v) is 11.9. The van der Waals surface area contributed by atoms with Gasteiger partial charge in [-0.3, -0.25) is 4.79 Å². The molecule has 1 amide bonds. The van der Waals surface area contributed by atoms with E-state index < -0.39 is 0 Å². The van der Waals surface area contributed by atoms with Gasteiger partial charge in [-0.15, -0.1) is 12.4 Å². The van der Waals surface area contributed by atoms with Crippen LogP contribution in [0.15, 0.2) is 18.3 Å². The number of halogens is 1. The van der Waals surface area contributed by atoms with Gasteiger partial charge in [0.15, 0.2) is 0 Å². The summed E-state index contributed by atoms with van der Waals surface area (Å²) >= 11 is 1.93. The molecule has 0 aromatic carbocycles. The van der Waals surface area contributed by atoms with E-state index in [9.17, 15) is 4.79 Å². The molecule has 0 bridgehead atoms. The Kier molecular flexibility index (Phi) is 5.28. The van der Waals surface area contributed by atoms with Crippen LogP contribution < -0.4 is 11.1 Å². The molecule has 1 aromatic rings. The number of nitrogen functional groups attached to an aromatic ring is 1. The van der Waals surface area contributed by atoms with Gasteiger partial charge in [-0.2, -0.15) is 11.8 Å². The van der Waals surface area contributed by atoms with Gasteiger partial charge in [0.05, 0.1) is 11.9 Å². The second-order valence-corrected chi connectivity index (χ2v) is 6.24. The predicted octanol–water partition coefficient (Wildman–Crippen LogP) is 2.10. The van der Waals surface area contributed by atoms with Crippen LogP contribution in [0, 0.1) is 0 Å². The summed E-state index contributed by atoms with van der Waals surface area (Å²) in [6.07, 6.45) is 3.89. The van der Waals surface area contributed by atoms with Crippen LogP contribution in [0.5, 0.6) is 0 Å². The van der Waals surface area contributed by atoms with E-state index in [-0.39, 0.29) is 23.1 Å². The molecule has 1 aromatic heterocycles. The van der Waals surface area contributed by atoms with E-state index in [2.05, 4.69) is 17.2 Å². The van der Waals surface area contributed by atoms with Crippen molar-refractivity contribution in [3.63, 3.8) is 0 Å². The van der Waals surface area contributed by atoms with Crippen molar-refractivity contribution in [2.75, 3.05) is 18.0 Å². The van der Waals surface area contributed by atoms with Crippen molar-refractivity contribution in [3.8, 4) is 0 Å². The van der Waals surface area contributed by atoms with Crippen molar-refractivity contribution in [3.05, 3.63) is 24.0 Å². The number of carbonyl (C=O) groups is 1. The molecule has 100 valence electrons. The Hall–Kier alpha value is -0.940. The third-order valence-corrected chi connectivity index (χ3v) is 4.48. The molecule has 3 N–H and O–H groups in total. The highest BCUT2D eigenvalue weighted by atomic mass is 35.5. The molecule has 1 atom stereocenters. The summed E-state index contributed by atoms with van der Waals surface area (Å²) in [4.78, 5) is 15.8. The summed E-state index contributed by atoms with van der Waals surface area (Å²) in [7, 11) is 0. The lowest BCUT2D eigenvalue weighted by molar-refractivity contribution is 0.0945. The van der Waals surface area contributed by atoms with E-state index in [0.29, 0.717) is 17.9 Å². The van der Waals surface area contributed by atoms with Crippen LogP contribution in [0.2, 0.25) is 0 Å². The van der Waals surface area contributed by atoms with Crippen LogP contribution in [0.1, 0.15) is 30.3 Å². The molecule has 2 rings (SSSR count). The van der Waals surface area contributed by atoms with Crippen molar-refractivity contribution >= 4 is 35.8 Å². The minimum absolute atomic E-state index is 0. The number of rotatable bonds is 3. The number of pyridine rings is 1. The first-order chi connectivity index (χ1) is 8.09. The third-order valence-electron chi connectivity index (χ3n) is 2.94. The molecule has 0 radical (unpaired) electrons. The number of nitrogens with one attached hydrogen (secondary N) is 1. The SMILES string of the molecule is CC1(CNC(=O)c2ccc(N)cn2)CCCS1.Cl. The van der Waals surface area contributed by atoms with E-state index in [0.717, 1.165) is 6.42 Å². The second-order valence-electron chi connectivity index (χ2n) is 4.56. The first-order valence-electron chi connectivity index (χ1n) is 5.73. The van der Waals surface area contributed by atoms with Crippen LogP contribution in [0.3, 0.4) is 0 Å². The molecule has 0 aliphatic carbocycles. The molecule has 4 nitrogen and oxygen atoms in total. The maximum atomic E-state index is 11.8. The molecular formula is C12H18ClN3OS. The summed E-state index contributed by atoms with van der Waals surface area (Å²) in [6.45, 7) is 2.89. The van der Waals surface area contributed by atoms with E-state index in [4.69, 9.17) is 5.73 Å². The summed E-state index contributed by atoms with van der Waals surface area (Å²) < 4.78 is 0.184. The van der Waals surface area contributed by atoms with Crippen molar-refractivity contribution in [2.24, 2.45) is 0 Å². The lowest BCUT2D eigenvalue weighted by atomic mass is 10.1. The predicted molar refractivity (Wildman–Crippen MR) is 78.3 cm³/mol. The van der Waals surface area contributed by atoms with Crippen molar-refractivity contribution < 1.29 is 4.79 Å². The highest BCUT2D eigenvalue weighted by Gasteiger charge is 2.29. The Labute approximate surface area is 118 Å². The number of aromatic nitrogens is 1. The molecule has 2 heterocycles. The Morgan fingerprint density at radius 2 is 2.39 bits per heavy atom. The molecule has 0 saturated carbocycles. The van der Waals surface area contributed by atoms with Gasteiger partial charge in [-0.05, 0) is 37.7 Å². The molecule has 1 aliphatic heterocycles. The summed E-state index contributed by atoms with van der Waals surface area (Å²) in [6, 6.07) is 3.34. The number of anilines is 1. The average molecular weight is 288 g/mol. The molecule has 1 unspecified atom stereocenters. The number of amides is 1. The van der Waals surface area contributed by atoms with Crippen molar-refractivity contribution in [1.29, 1.82) is 0 Å². The first kappa shape index (κ1) is 15.1. The maximum Gasteiger partial charge on any atom is 0.269 e. The number of hydrogen-bond donors (Lipinski definition) is 2. The maximum absolute atomic E-state index is 11.8. The van der Waals surface area contributed by atoms with Crippen LogP contribution >= 0.6 is 24.2 Å². The zero-order valence-electron chi connectivity index (χ0n) is 10.3. The van der Waals surface area contributed by atoms with Gasteiger partial charge in [0, 0.05) is 11.3 Å². The van der Waals surface area contributed by atoms with Crippen LogP contribution in [-0.4, -0.2) is 27.9 Å². The topological polar surface area (TPSA) is 68.0 Å². The van der Waals surface area contributed by atoms with E-state index >= 15 is 0 Å². The highest BCUT2D eigenvalue weighted by molar-refractivity contribution is 8.00. The van der Waals surface area contributed by atoms with Gasteiger partial charge >= 0.3 is 0 Å². The Bertz CT molecular complexity index is 404. The molecule has 1 fully saturated rings. The van der Waals surface area contributed by atoms with E-state index in [1.54, 1.807) is 12.1 Å². The number of thioether (sulfide) groups is 1. The Balaban J connectivity index is 0.00000162. The van der Waals surface area contributed by atoms with Gasteiger partial charge in [-0.25, -0.2) is 4.98 Å².